The molecule has 21 heteroatoms. The number of hydrogen-bond acceptors (Lipinski definition) is 11. The Balaban J connectivity index is 1.75. The van der Waals surface area contributed by atoms with Gasteiger partial charge in [-0.3, -0.25) is 48.3 Å². The molecule has 372 valence electrons. The minimum Gasteiger partial charge on any atom is -0.481 e. The Morgan fingerprint density at radius 2 is 1.35 bits per heavy atom. The fraction of sp³-hybridized carbons (Fsp3) is 0.438. The SMILES string of the molecule is Cc1ccccc1NC(=O)Nc1ccc(CC(=O)C[C@@H](CCCCNC(=O)CCc2cccnc2)C(=O)N[C@@H](CCC(=O)O)C(=O)C[C@@H](CCC(=O)O)C(=O)N[C@@H](CCCN=C(N)N)C(N)=O)cc1. The van der Waals surface area contributed by atoms with Gasteiger partial charge in [-0.2, -0.15) is 0 Å². The summed E-state index contributed by atoms with van der Waals surface area (Å²) in [6.45, 7) is 2.26. The monoisotopic (exact) mass is 956 g/mol. The summed E-state index contributed by atoms with van der Waals surface area (Å²) < 4.78 is 0. The fourth-order valence-electron chi connectivity index (χ4n) is 7.20. The van der Waals surface area contributed by atoms with Gasteiger partial charge >= 0.3 is 18.0 Å². The summed E-state index contributed by atoms with van der Waals surface area (Å²) >= 11 is 0. The number of nitrogens with zero attached hydrogens (tertiary/aromatic N) is 2. The van der Waals surface area contributed by atoms with Crippen LogP contribution in [0.1, 0.15) is 93.7 Å². The molecule has 0 radical (unpaired) electrons. The van der Waals surface area contributed by atoms with Crippen molar-refractivity contribution < 1.29 is 53.4 Å². The number of aliphatic carboxylic acids is 2. The number of hydrogen-bond donors (Lipinski definition) is 10. The number of benzene rings is 2. The van der Waals surface area contributed by atoms with Gasteiger partial charge in [0, 0.05) is 87.2 Å². The van der Waals surface area contributed by atoms with Crippen LogP contribution in [0.2, 0.25) is 0 Å². The van der Waals surface area contributed by atoms with Crippen LogP contribution in [-0.2, 0) is 51.2 Å². The number of nitrogens with one attached hydrogen (secondary N) is 5. The number of para-hydroxylation sites is 1. The standard InChI is InChI=1S/C48H64N10O11/c1-30-8-2-3-11-37(30)58-48(69)55-35-17-13-31(14-18-35)26-36(59)27-33(10-4-5-24-53-41(61)20-15-32-9-6-23-52-29-32)45(67)56-38(19-22-43(64)65)40(60)28-34(16-21-42(62)63)46(68)57-39(44(49)66)12-7-25-54-47(50)51/h2-3,6,8-9,11,13-14,17-18,23,29,33-34,38-39H,4-5,7,10,12,15-16,19-22,24-28H2,1H3,(H2,49,66)(H,53,61)(H,56,67)(H,57,68)(H,62,63)(H,64,65)(H4,50,51,54)(H2,55,58,69)/t33-,34-,38+,39+/m1/s1. The number of carbonyl (C=O) groups excluding carboxylic acids is 7. The molecule has 0 unspecified atom stereocenters. The van der Waals surface area contributed by atoms with Crippen LogP contribution >= 0.6 is 0 Å². The number of carboxylic acids is 2. The Morgan fingerprint density at radius 1 is 0.681 bits per heavy atom. The summed E-state index contributed by atoms with van der Waals surface area (Å²) in [5.41, 5.74) is 19.7. The Kier molecular flexibility index (Phi) is 24.0. The van der Waals surface area contributed by atoms with Gasteiger partial charge in [-0.25, -0.2) is 4.79 Å². The van der Waals surface area contributed by atoms with Crippen molar-refractivity contribution in [1.29, 1.82) is 0 Å². The molecule has 6 amide bonds. The quantitative estimate of drug-likeness (QED) is 0.0245. The lowest BCUT2D eigenvalue weighted by atomic mass is 9.89. The van der Waals surface area contributed by atoms with Gasteiger partial charge < -0.3 is 54.0 Å². The van der Waals surface area contributed by atoms with Crippen molar-refractivity contribution in [3.63, 3.8) is 0 Å². The molecular weight excluding hydrogens is 893 g/mol. The molecule has 13 N–H and O–H groups in total. The third-order valence-electron chi connectivity index (χ3n) is 11.0. The van der Waals surface area contributed by atoms with Crippen LogP contribution in [0.25, 0.3) is 0 Å². The van der Waals surface area contributed by atoms with Crippen molar-refractivity contribution in [3.8, 4) is 0 Å². The van der Waals surface area contributed by atoms with Crippen molar-refractivity contribution in [2.45, 2.75) is 109 Å². The van der Waals surface area contributed by atoms with E-state index in [0.717, 1.165) is 11.1 Å². The average Bonchev–Trinajstić information content (AvgIpc) is 3.30. The molecular formula is C48H64N10O11. The van der Waals surface area contributed by atoms with Gasteiger partial charge in [-0.05, 0) is 92.8 Å². The van der Waals surface area contributed by atoms with Crippen molar-refractivity contribution in [2.75, 3.05) is 23.7 Å². The molecule has 1 heterocycles. The van der Waals surface area contributed by atoms with Crippen molar-refractivity contribution >= 4 is 70.5 Å². The first-order valence-corrected chi connectivity index (χ1v) is 22.7. The Morgan fingerprint density at radius 3 is 1.99 bits per heavy atom. The lowest BCUT2D eigenvalue weighted by Crippen LogP contribution is -2.48. The second-order valence-electron chi connectivity index (χ2n) is 16.6. The maximum atomic E-state index is 14.1. The molecule has 0 aliphatic heterocycles. The highest BCUT2D eigenvalue weighted by molar-refractivity contribution is 6.00. The highest BCUT2D eigenvalue weighted by atomic mass is 16.4. The normalized spacial score (nSPS) is 12.5. The summed E-state index contributed by atoms with van der Waals surface area (Å²) in [5.74, 6) is -8.86. The number of urea groups is 1. The number of nitrogens with two attached hydrogens (primary N) is 3. The summed E-state index contributed by atoms with van der Waals surface area (Å²) in [5, 5.41) is 32.4. The van der Waals surface area contributed by atoms with Gasteiger partial charge in [0.15, 0.2) is 11.7 Å². The fourth-order valence-corrected chi connectivity index (χ4v) is 7.20. The zero-order chi connectivity index (χ0) is 50.7. The van der Waals surface area contributed by atoms with E-state index in [4.69, 9.17) is 17.2 Å². The zero-order valence-electron chi connectivity index (χ0n) is 38.7. The van der Waals surface area contributed by atoms with Crippen molar-refractivity contribution in [2.24, 2.45) is 34.0 Å². The van der Waals surface area contributed by atoms with Crippen LogP contribution in [-0.4, -0.2) is 99.5 Å². The van der Waals surface area contributed by atoms with E-state index in [0.29, 0.717) is 36.2 Å². The number of primary amides is 1. The molecule has 3 rings (SSSR count). The highest BCUT2D eigenvalue weighted by Crippen LogP contribution is 2.21. The molecule has 0 spiro atoms. The van der Waals surface area contributed by atoms with Crippen LogP contribution < -0.4 is 43.8 Å². The molecule has 69 heavy (non-hydrogen) atoms. The Labute approximate surface area is 400 Å². The van der Waals surface area contributed by atoms with Crippen LogP contribution in [0.3, 0.4) is 0 Å². The molecule has 1 aromatic heterocycles. The largest absolute Gasteiger partial charge is 0.481 e. The van der Waals surface area contributed by atoms with E-state index in [9.17, 15) is 53.4 Å². The number of rotatable bonds is 32. The van der Waals surface area contributed by atoms with E-state index in [-0.39, 0.29) is 75.7 Å². The van der Waals surface area contributed by atoms with Crippen molar-refractivity contribution in [3.05, 3.63) is 89.7 Å². The summed E-state index contributed by atoms with van der Waals surface area (Å²) in [6, 6.07) is 14.3. The van der Waals surface area contributed by atoms with E-state index in [2.05, 4.69) is 36.6 Å². The third-order valence-corrected chi connectivity index (χ3v) is 11.0. The number of carbonyl (C=O) groups is 9. The molecule has 4 atom stereocenters. The second kappa shape index (κ2) is 29.8. The first-order chi connectivity index (χ1) is 32.9. The van der Waals surface area contributed by atoms with E-state index >= 15 is 0 Å². The number of aromatic nitrogens is 1. The number of Topliss-reactive ketones (excluding diaryl/α,β-unsaturated/α-hetero) is 2. The van der Waals surface area contributed by atoms with Gasteiger partial charge in [0.25, 0.3) is 0 Å². The van der Waals surface area contributed by atoms with E-state index < -0.39 is 91.1 Å². The molecule has 0 aliphatic carbocycles. The number of aryl methyl sites for hydroxylation is 2. The lowest BCUT2D eigenvalue weighted by molar-refractivity contribution is -0.140. The number of ketones is 2. The highest BCUT2D eigenvalue weighted by Gasteiger charge is 2.32. The first kappa shape index (κ1) is 55.6. The molecule has 0 saturated heterocycles. The van der Waals surface area contributed by atoms with E-state index in [1.807, 2.05) is 25.1 Å². The minimum atomic E-state index is -1.46. The van der Waals surface area contributed by atoms with Crippen LogP contribution in [0.15, 0.2) is 78.0 Å². The zero-order valence-corrected chi connectivity index (χ0v) is 38.7. The van der Waals surface area contributed by atoms with E-state index in [1.54, 1.807) is 54.9 Å². The molecule has 0 saturated carbocycles. The molecule has 21 nitrogen and oxygen atoms in total. The maximum Gasteiger partial charge on any atom is 0.323 e. The summed E-state index contributed by atoms with van der Waals surface area (Å²) in [6.07, 6.45) is 2.41. The third kappa shape index (κ3) is 22.6. The molecule has 2 aromatic carbocycles. The maximum absolute atomic E-state index is 14.1. The number of pyridine rings is 1. The number of aliphatic imine (C=N–C) groups is 1. The van der Waals surface area contributed by atoms with Gasteiger partial charge in [0.2, 0.25) is 23.6 Å². The molecule has 3 aromatic rings. The topological polar surface area (TPSA) is 358 Å². The predicted octanol–water partition coefficient (Wildman–Crippen LogP) is 2.88. The Hall–Kier alpha value is -7.71. The summed E-state index contributed by atoms with van der Waals surface area (Å²) in [4.78, 5) is 124. The smallest absolute Gasteiger partial charge is 0.323 e. The van der Waals surface area contributed by atoms with E-state index in [1.165, 1.54) is 0 Å². The van der Waals surface area contributed by atoms with Gasteiger partial charge in [-0.1, -0.05) is 42.8 Å². The number of anilines is 2. The number of unbranched alkanes of at least 4 members (excludes halogenated alkanes) is 1. The molecule has 0 aliphatic rings. The molecule has 0 bridgehead atoms. The van der Waals surface area contributed by atoms with Gasteiger partial charge in [0.05, 0.1) is 6.04 Å². The van der Waals surface area contributed by atoms with Crippen LogP contribution in [0.4, 0.5) is 16.2 Å². The first-order valence-electron chi connectivity index (χ1n) is 22.7. The number of guanidine groups is 1. The van der Waals surface area contributed by atoms with Crippen LogP contribution in [0, 0.1) is 18.8 Å². The van der Waals surface area contributed by atoms with Crippen LogP contribution in [0.5, 0.6) is 0 Å². The number of carboxylic acid groups (broad SMARTS) is 2. The molecule has 0 fully saturated rings. The predicted molar refractivity (Wildman–Crippen MR) is 256 cm³/mol. The second-order valence-corrected chi connectivity index (χ2v) is 16.6. The number of amides is 6. The minimum absolute atomic E-state index is 0.0175. The van der Waals surface area contributed by atoms with Crippen molar-refractivity contribution in [1.82, 2.24) is 20.9 Å². The lowest BCUT2D eigenvalue weighted by Gasteiger charge is -2.24. The van der Waals surface area contributed by atoms with Gasteiger partial charge in [-0.15, -0.1) is 0 Å². The van der Waals surface area contributed by atoms with Gasteiger partial charge in [0.1, 0.15) is 11.8 Å². The summed E-state index contributed by atoms with van der Waals surface area (Å²) in [7, 11) is 0. The average molecular weight is 957 g/mol. The Bertz CT molecular complexity index is 2250.